The van der Waals surface area contributed by atoms with Gasteiger partial charge in [0.05, 0.1) is 0 Å². The zero-order chi connectivity index (χ0) is 9.26. The van der Waals surface area contributed by atoms with Gasteiger partial charge >= 0.3 is 0 Å². The average molecular weight is 175 g/mol. The third-order valence-electron chi connectivity index (χ3n) is 2.64. The Hall–Kier alpha value is -1.18. The molecule has 2 heteroatoms. The third-order valence-corrected chi connectivity index (χ3v) is 2.64. The largest absolute Gasteiger partial charge is 0.292 e. The number of hydrogen-bond acceptors (Lipinski definition) is 2. The first kappa shape index (κ1) is 8.42. The Bertz CT molecular complexity index is 329. The molecule has 2 nitrogen and oxygen atoms in total. The minimum atomic E-state index is 0.231. The van der Waals surface area contributed by atoms with E-state index in [4.69, 9.17) is 0 Å². The molecule has 0 atom stereocenters. The van der Waals surface area contributed by atoms with Gasteiger partial charge in [-0.3, -0.25) is 9.78 Å². The lowest BCUT2D eigenvalue weighted by Crippen LogP contribution is -2.22. The second kappa shape index (κ2) is 3.29. The molecular weight excluding hydrogens is 162 g/mol. The zero-order valence-corrected chi connectivity index (χ0v) is 7.79. The number of hydrogen-bond donors (Lipinski definition) is 0. The van der Waals surface area contributed by atoms with E-state index in [0.717, 1.165) is 18.4 Å². The van der Waals surface area contributed by atoms with Gasteiger partial charge in [0.1, 0.15) is 5.69 Å². The van der Waals surface area contributed by atoms with E-state index < -0.39 is 0 Å². The molecule has 2 rings (SSSR count). The summed E-state index contributed by atoms with van der Waals surface area (Å²) < 4.78 is 0. The molecule has 0 spiro atoms. The Kier molecular flexibility index (Phi) is 2.13. The van der Waals surface area contributed by atoms with E-state index in [0.29, 0.717) is 5.69 Å². The quantitative estimate of drug-likeness (QED) is 0.646. The predicted molar refractivity (Wildman–Crippen MR) is 50.6 cm³/mol. The molecule has 1 heterocycles. The van der Waals surface area contributed by atoms with Gasteiger partial charge in [-0.25, -0.2) is 0 Å². The molecule has 0 aromatic carbocycles. The van der Waals surface area contributed by atoms with E-state index in [1.54, 1.807) is 6.20 Å². The topological polar surface area (TPSA) is 30.0 Å². The van der Waals surface area contributed by atoms with E-state index in [-0.39, 0.29) is 11.7 Å². The molecule has 13 heavy (non-hydrogen) atoms. The molecule has 0 radical (unpaired) electrons. The number of ketones is 1. The van der Waals surface area contributed by atoms with Crippen molar-refractivity contribution in [3.8, 4) is 0 Å². The van der Waals surface area contributed by atoms with Crippen molar-refractivity contribution in [1.29, 1.82) is 0 Å². The number of Topliss-reactive ketones (excluding diaryl/α,β-unsaturated/α-hetero) is 1. The lowest BCUT2D eigenvalue weighted by molar-refractivity contribution is 0.0850. The second-order valence-corrected chi connectivity index (χ2v) is 3.71. The van der Waals surface area contributed by atoms with Crippen molar-refractivity contribution in [2.75, 3.05) is 0 Å². The van der Waals surface area contributed by atoms with Gasteiger partial charge in [-0.2, -0.15) is 0 Å². The van der Waals surface area contributed by atoms with Crippen LogP contribution < -0.4 is 0 Å². The van der Waals surface area contributed by atoms with E-state index >= 15 is 0 Å². The smallest absolute Gasteiger partial charge is 0.184 e. The van der Waals surface area contributed by atoms with E-state index in [2.05, 4.69) is 4.98 Å². The summed E-state index contributed by atoms with van der Waals surface area (Å²) in [5, 5.41) is 0. The Balaban J connectivity index is 2.19. The molecule has 1 saturated carbocycles. The molecule has 1 aromatic rings. The predicted octanol–water partition coefficient (Wildman–Crippen LogP) is 2.37. The summed E-state index contributed by atoms with van der Waals surface area (Å²) >= 11 is 0. The summed E-state index contributed by atoms with van der Waals surface area (Å²) in [5.74, 6) is 0.490. The Morgan fingerprint density at radius 3 is 2.85 bits per heavy atom. The first-order valence-corrected chi connectivity index (χ1v) is 4.74. The van der Waals surface area contributed by atoms with Crippen LogP contribution in [0.4, 0.5) is 0 Å². The number of nitrogens with zero attached hydrogens (tertiary/aromatic N) is 1. The number of carbonyl (C=O) groups is 1. The van der Waals surface area contributed by atoms with Crippen LogP contribution in [0.3, 0.4) is 0 Å². The molecule has 0 N–H and O–H groups in total. The monoisotopic (exact) mass is 175 g/mol. The number of aryl methyl sites for hydroxylation is 1. The number of aromatic nitrogens is 1. The van der Waals surface area contributed by atoms with Crippen LogP contribution in [0.2, 0.25) is 0 Å². The van der Waals surface area contributed by atoms with Crippen molar-refractivity contribution >= 4 is 5.78 Å². The van der Waals surface area contributed by atoms with Gasteiger partial charge in [-0.05, 0) is 37.5 Å². The van der Waals surface area contributed by atoms with Gasteiger partial charge in [-0.1, -0.05) is 6.42 Å². The normalized spacial score (nSPS) is 16.7. The van der Waals surface area contributed by atoms with Crippen LogP contribution in [-0.2, 0) is 0 Å². The fourth-order valence-corrected chi connectivity index (χ4v) is 1.55. The highest BCUT2D eigenvalue weighted by Gasteiger charge is 2.26. The first-order valence-electron chi connectivity index (χ1n) is 4.74. The lowest BCUT2D eigenvalue weighted by Gasteiger charge is -2.23. The first-order chi connectivity index (χ1) is 6.27. The Morgan fingerprint density at radius 2 is 2.31 bits per heavy atom. The molecule has 1 aliphatic carbocycles. The minimum Gasteiger partial charge on any atom is -0.292 e. The number of carbonyl (C=O) groups excluding carboxylic acids is 1. The highest BCUT2D eigenvalue weighted by Crippen LogP contribution is 2.29. The highest BCUT2D eigenvalue weighted by molar-refractivity contribution is 5.96. The van der Waals surface area contributed by atoms with Crippen LogP contribution in [0.15, 0.2) is 18.3 Å². The number of pyridine rings is 1. The summed E-state index contributed by atoms with van der Waals surface area (Å²) in [4.78, 5) is 15.8. The van der Waals surface area contributed by atoms with Gasteiger partial charge < -0.3 is 0 Å². The minimum absolute atomic E-state index is 0.231. The molecule has 0 aliphatic heterocycles. The molecular formula is C11H13NO. The standard InChI is InChI=1S/C11H13NO/c1-8-5-6-12-10(7-8)11(13)9-3-2-4-9/h5-7,9H,2-4H2,1H3. The zero-order valence-electron chi connectivity index (χ0n) is 7.79. The molecule has 1 aliphatic rings. The number of rotatable bonds is 2. The van der Waals surface area contributed by atoms with Crippen molar-refractivity contribution in [2.45, 2.75) is 26.2 Å². The van der Waals surface area contributed by atoms with Crippen molar-refractivity contribution in [1.82, 2.24) is 4.98 Å². The Labute approximate surface area is 78.0 Å². The summed E-state index contributed by atoms with van der Waals surface area (Å²) in [7, 11) is 0. The maximum Gasteiger partial charge on any atom is 0.184 e. The summed E-state index contributed by atoms with van der Waals surface area (Å²) in [5.41, 5.74) is 1.75. The van der Waals surface area contributed by atoms with Crippen LogP contribution in [0.5, 0.6) is 0 Å². The molecule has 0 amide bonds. The maximum absolute atomic E-state index is 11.7. The van der Waals surface area contributed by atoms with Crippen molar-refractivity contribution in [3.05, 3.63) is 29.6 Å². The summed E-state index contributed by atoms with van der Waals surface area (Å²) in [6.45, 7) is 1.99. The van der Waals surface area contributed by atoms with E-state index in [9.17, 15) is 4.79 Å². The van der Waals surface area contributed by atoms with Crippen molar-refractivity contribution in [3.63, 3.8) is 0 Å². The lowest BCUT2D eigenvalue weighted by atomic mass is 9.81. The fourth-order valence-electron chi connectivity index (χ4n) is 1.55. The van der Waals surface area contributed by atoms with E-state index in [1.807, 2.05) is 19.1 Å². The van der Waals surface area contributed by atoms with E-state index in [1.165, 1.54) is 6.42 Å². The van der Waals surface area contributed by atoms with Crippen LogP contribution >= 0.6 is 0 Å². The van der Waals surface area contributed by atoms with Crippen LogP contribution in [-0.4, -0.2) is 10.8 Å². The third kappa shape index (κ3) is 1.62. The van der Waals surface area contributed by atoms with Gasteiger partial charge in [0.2, 0.25) is 0 Å². The Morgan fingerprint density at radius 1 is 1.54 bits per heavy atom. The van der Waals surface area contributed by atoms with Crippen LogP contribution in [0, 0.1) is 12.8 Å². The fraction of sp³-hybridized carbons (Fsp3) is 0.455. The SMILES string of the molecule is Cc1ccnc(C(=O)C2CCC2)c1. The summed E-state index contributed by atoms with van der Waals surface area (Å²) in [6.07, 6.45) is 5.01. The summed E-state index contributed by atoms with van der Waals surface area (Å²) in [6, 6.07) is 3.79. The second-order valence-electron chi connectivity index (χ2n) is 3.71. The molecule has 1 aromatic heterocycles. The van der Waals surface area contributed by atoms with Gasteiger partial charge in [-0.15, -0.1) is 0 Å². The van der Waals surface area contributed by atoms with Gasteiger partial charge in [0.25, 0.3) is 0 Å². The van der Waals surface area contributed by atoms with Crippen molar-refractivity contribution < 1.29 is 4.79 Å². The molecule has 1 fully saturated rings. The van der Waals surface area contributed by atoms with Crippen molar-refractivity contribution in [2.24, 2.45) is 5.92 Å². The molecule has 0 bridgehead atoms. The van der Waals surface area contributed by atoms with Gasteiger partial charge in [0, 0.05) is 12.1 Å². The highest BCUT2D eigenvalue weighted by atomic mass is 16.1. The van der Waals surface area contributed by atoms with Gasteiger partial charge in [0.15, 0.2) is 5.78 Å². The molecule has 0 unspecified atom stereocenters. The maximum atomic E-state index is 11.7. The van der Waals surface area contributed by atoms with Crippen LogP contribution in [0.25, 0.3) is 0 Å². The van der Waals surface area contributed by atoms with Crippen LogP contribution in [0.1, 0.15) is 35.3 Å². The molecule has 68 valence electrons. The average Bonchev–Trinajstić information content (AvgIpc) is 2.01. The molecule has 0 saturated heterocycles.